The molecule has 23 heavy (non-hydrogen) atoms. The summed E-state index contributed by atoms with van der Waals surface area (Å²) in [6.45, 7) is 4.77. The minimum atomic E-state index is -0.185. The predicted molar refractivity (Wildman–Crippen MR) is 93.0 cm³/mol. The molecule has 0 fully saturated rings. The maximum absolute atomic E-state index is 11.9. The highest BCUT2D eigenvalue weighted by molar-refractivity contribution is 5.76. The van der Waals surface area contributed by atoms with Gasteiger partial charge in [-0.3, -0.25) is 9.78 Å². The molecule has 0 bridgehead atoms. The van der Waals surface area contributed by atoms with Crippen molar-refractivity contribution < 1.29 is 4.79 Å². The van der Waals surface area contributed by atoms with Crippen LogP contribution in [0.2, 0.25) is 0 Å². The van der Waals surface area contributed by atoms with E-state index in [2.05, 4.69) is 36.3 Å². The Kier molecular flexibility index (Phi) is 6.29. The Balaban J connectivity index is 1.77. The van der Waals surface area contributed by atoms with Crippen LogP contribution in [0.25, 0.3) is 0 Å². The van der Waals surface area contributed by atoms with Crippen molar-refractivity contribution in [3.8, 4) is 0 Å². The van der Waals surface area contributed by atoms with Gasteiger partial charge in [-0.2, -0.15) is 0 Å². The summed E-state index contributed by atoms with van der Waals surface area (Å²) in [6.07, 6.45) is 2.81. The predicted octanol–water partition coefficient (Wildman–Crippen LogP) is 2.95. The third-order valence-corrected chi connectivity index (χ3v) is 3.88. The van der Waals surface area contributed by atoms with E-state index in [-0.39, 0.29) is 11.9 Å². The van der Waals surface area contributed by atoms with E-state index in [0.29, 0.717) is 25.3 Å². The molecule has 1 aromatic heterocycles. The molecular formula is C19H25N3O. The Hall–Kier alpha value is -2.20. The largest absolute Gasteiger partial charge is 0.354 e. The van der Waals surface area contributed by atoms with Gasteiger partial charge in [0, 0.05) is 30.9 Å². The Morgan fingerprint density at radius 2 is 1.83 bits per heavy atom. The highest BCUT2D eigenvalue weighted by Crippen LogP contribution is 2.17. The molecular weight excluding hydrogens is 286 g/mol. The van der Waals surface area contributed by atoms with E-state index in [0.717, 1.165) is 11.3 Å². The molecule has 122 valence electrons. The van der Waals surface area contributed by atoms with Gasteiger partial charge in [-0.15, -0.1) is 0 Å². The second-order valence-corrected chi connectivity index (χ2v) is 6.05. The van der Waals surface area contributed by atoms with Gasteiger partial charge in [0.05, 0.1) is 0 Å². The lowest BCUT2D eigenvalue weighted by Gasteiger charge is -2.14. The average molecular weight is 311 g/mol. The van der Waals surface area contributed by atoms with Crippen LogP contribution in [0.4, 0.5) is 0 Å². The summed E-state index contributed by atoms with van der Waals surface area (Å²) in [7, 11) is 0. The van der Waals surface area contributed by atoms with Crippen molar-refractivity contribution in [2.24, 2.45) is 5.73 Å². The summed E-state index contributed by atoms with van der Waals surface area (Å²) < 4.78 is 0. The summed E-state index contributed by atoms with van der Waals surface area (Å²) in [5, 5.41) is 2.90. The van der Waals surface area contributed by atoms with Crippen molar-refractivity contribution in [2.45, 2.75) is 38.6 Å². The molecule has 4 heteroatoms. The first-order valence-electron chi connectivity index (χ1n) is 8.08. The first kappa shape index (κ1) is 17.2. The third kappa shape index (κ3) is 5.49. The van der Waals surface area contributed by atoms with Gasteiger partial charge in [0.1, 0.15) is 0 Å². The van der Waals surface area contributed by atoms with Crippen LogP contribution in [0.3, 0.4) is 0 Å². The molecule has 0 aliphatic rings. The SMILES string of the molecule is CC(C)c1ccc(C(N)CNC(=O)CCc2ccccn2)cc1. The lowest BCUT2D eigenvalue weighted by molar-refractivity contribution is -0.121. The quantitative estimate of drug-likeness (QED) is 0.826. The standard InChI is InChI=1S/C19H25N3O/c1-14(2)15-6-8-16(9-7-15)18(20)13-22-19(23)11-10-17-5-3-4-12-21-17/h3-9,12,14,18H,10-11,13,20H2,1-2H3,(H,22,23). The molecule has 0 spiro atoms. The molecule has 1 amide bonds. The summed E-state index contributed by atoms with van der Waals surface area (Å²) in [6, 6.07) is 13.8. The monoisotopic (exact) mass is 311 g/mol. The minimum Gasteiger partial charge on any atom is -0.354 e. The van der Waals surface area contributed by atoms with Gasteiger partial charge in [-0.1, -0.05) is 44.2 Å². The molecule has 0 saturated carbocycles. The molecule has 1 aromatic carbocycles. The Bertz CT molecular complexity index is 608. The number of benzene rings is 1. The maximum atomic E-state index is 11.9. The van der Waals surface area contributed by atoms with Crippen molar-refractivity contribution >= 4 is 5.91 Å². The van der Waals surface area contributed by atoms with Crippen molar-refractivity contribution in [1.29, 1.82) is 0 Å². The zero-order valence-corrected chi connectivity index (χ0v) is 13.8. The first-order valence-corrected chi connectivity index (χ1v) is 8.08. The van der Waals surface area contributed by atoms with Crippen LogP contribution in [0, 0.1) is 0 Å². The molecule has 0 aliphatic carbocycles. The van der Waals surface area contributed by atoms with Gasteiger partial charge in [0.2, 0.25) is 5.91 Å². The van der Waals surface area contributed by atoms with Crippen LogP contribution in [0.15, 0.2) is 48.7 Å². The van der Waals surface area contributed by atoms with E-state index in [1.54, 1.807) is 6.20 Å². The number of pyridine rings is 1. The van der Waals surface area contributed by atoms with Crippen LogP contribution < -0.4 is 11.1 Å². The average Bonchev–Trinajstić information content (AvgIpc) is 2.58. The highest BCUT2D eigenvalue weighted by atomic mass is 16.1. The number of nitrogens with zero attached hydrogens (tertiary/aromatic N) is 1. The summed E-state index contributed by atoms with van der Waals surface area (Å²) >= 11 is 0. The molecule has 1 heterocycles. The fourth-order valence-corrected chi connectivity index (χ4v) is 2.35. The summed E-state index contributed by atoms with van der Waals surface area (Å²) in [5.41, 5.74) is 9.41. The van der Waals surface area contributed by atoms with Gasteiger partial charge in [0.15, 0.2) is 0 Å². The van der Waals surface area contributed by atoms with Crippen molar-refractivity contribution in [1.82, 2.24) is 10.3 Å². The molecule has 1 atom stereocenters. The van der Waals surface area contributed by atoms with Crippen molar-refractivity contribution in [3.05, 3.63) is 65.5 Å². The zero-order valence-electron chi connectivity index (χ0n) is 13.8. The van der Waals surface area contributed by atoms with Crippen molar-refractivity contribution in [2.75, 3.05) is 6.54 Å². The second-order valence-electron chi connectivity index (χ2n) is 6.05. The molecule has 4 nitrogen and oxygen atoms in total. The van der Waals surface area contributed by atoms with Crippen LogP contribution in [-0.2, 0) is 11.2 Å². The third-order valence-electron chi connectivity index (χ3n) is 3.88. The van der Waals surface area contributed by atoms with Crippen LogP contribution in [-0.4, -0.2) is 17.4 Å². The van der Waals surface area contributed by atoms with E-state index < -0.39 is 0 Å². The number of aryl methyl sites for hydroxylation is 1. The lowest BCUT2D eigenvalue weighted by Crippen LogP contribution is -2.32. The first-order chi connectivity index (χ1) is 11.1. The molecule has 0 aliphatic heterocycles. The fourth-order valence-electron chi connectivity index (χ4n) is 2.35. The minimum absolute atomic E-state index is 0.00454. The lowest BCUT2D eigenvalue weighted by atomic mass is 9.99. The number of hydrogen-bond donors (Lipinski definition) is 2. The van der Waals surface area contributed by atoms with Gasteiger partial charge in [-0.05, 0) is 35.6 Å². The van der Waals surface area contributed by atoms with E-state index in [4.69, 9.17) is 5.73 Å². The van der Waals surface area contributed by atoms with Crippen LogP contribution in [0.5, 0.6) is 0 Å². The topological polar surface area (TPSA) is 68.0 Å². The van der Waals surface area contributed by atoms with Gasteiger partial charge in [-0.25, -0.2) is 0 Å². The smallest absolute Gasteiger partial charge is 0.220 e. The molecule has 3 N–H and O–H groups in total. The molecule has 2 rings (SSSR count). The zero-order chi connectivity index (χ0) is 16.7. The Labute approximate surface area is 138 Å². The van der Waals surface area contributed by atoms with Gasteiger partial charge >= 0.3 is 0 Å². The maximum Gasteiger partial charge on any atom is 0.220 e. The Morgan fingerprint density at radius 1 is 1.13 bits per heavy atom. The molecule has 1 unspecified atom stereocenters. The number of aromatic nitrogens is 1. The Morgan fingerprint density at radius 3 is 2.43 bits per heavy atom. The number of nitrogens with two attached hydrogens (primary N) is 1. The van der Waals surface area contributed by atoms with Gasteiger partial charge < -0.3 is 11.1 Å². The summed E-state index contributed by atoms with van der Waals surface area (Å²) in [5.74, 6) is 0.511. The number of carbonyl (C=O) groups is 1. The number of nitrogens with one attached hydrogen (secondary N) is 1. The van der Waals surface area contributed by atoms with Crippen molar-refractivity contribution in [3.63, 3.8) is 0 Å². The highest BCUT2D eigenvalue weighted by Gasteiger charge is 2.09. The second kappa shape index (κ2) is 8.44. The summed E-state index contributed by atoms with van der Waals surface area (Å²) in [4.78, 5) is 16.1. The molecule has 0 saturated heterocycles. The fraction of sp³-hybridized carbons (Fsp3) is 0.368. The molecule has 0 radical (unpaired) electrons. The number of hydrogen-bond acceptors (Lipinski definition) is 3. The van der Waals surface area contributed by atoms with E-state index in [1.165, 1.54) is 5.56 Å². The normalized spacial score (nSPS) is 12.2. The van der Waals surface area contributed by atoms with Crippen LogP contribution >= 0.6 is 0 Å². The van der Waals surface area contributed by atoms with E-state index in [1.807, 2.05) is 30.3 Å². The van der Waals surface area contributed by atoms with E-state index >= 15 is 0 Å². The molecule has 2 aromatic rings. The van der Waals surface area contributed by atoms with Crippen LogP contribution in [0.1, 0.15) is 49.0 Å². The number of rotatable bonds is 7. The van der Waals surface area contributed by atoms with Gasteiger partial charge in [0.25, 0.3) is 0 Å². The number of amides is 1. The van der Waals surface area contributed by atoms with E-state index in [9.17, 15) is 4.79 Å². The number of carbonyl (C=O) groups excluding carboxylic acids is 1.